The molecule has 86 valence electrons. The smallest absolute Gasteiger partial charge is 0.354 e. The van der Waals surface area contributed by atoms with E-state index in [0.29, 0.717) is 5.52 Å². The predicted octanol–water partition coefficient (Wildman–Crippen LogP) is 4.34. The van der Waals surface area contributed by atoms with Crippen LogP contribution in [0.2, 0.25) is 0 Å². The van der Waals surface area contributed by atoms with Crippen LogP contribution in [0.15, 0.2) is 42.5 Å². The number of nitrogens with one attached hydrogen (secondary N) is 1. The van der Waals surface area contributed by atoms with Gasteiger partial charge in [0.25, 0.3) is 0 Å². The number of hydrogen-bond acceptors (Lipinski definition) is 0. The van der Waals surface area contributed by atoms with Crippen LogP contribution in [0.1, 0.15) is 5.56 Å². The number of H-pyrrole nitrogens is 1. The summed E-state index contributed by atoms with van der Waals surface area (Å²) >= 11 is 0. The number of aromatic nitrogens is 1. The van der Waals surface area contributed by atoms with Gasteiger partial charge >= 0.3 is 6.18 Å². The van der Waals surface area contributed by atoms with Crippen LogP contribution >= 0.6 is 0 Å². The van der Waals surface area contributed by atoms with Gasteiger partial charge in [0, 0.05) is 21.8 Å². The molecule has 0 amide bonds. The summed E-state index contributed by atoms with van der Waals surface area (Å²) in [4.78, 5) is 2.99. The summed E-state index contributed by atoms with van der Waals surface area (Å²) < 4.78 is 37.7. The molecule has 17 heavy (non-hydrogen) atoms. The lowest BCUT2D eigenvalue weighted by molar-refractivity contribution is -0.137. The van der Waals surface area contributed by atoms with E-state index in [2.05, 4.69) is 4.98 Å². The maximum absolute atomic E-state index is 12.6. The Morgan fingerprint density at radius 1 is 0.824 bits per heavy atom. The second-order valence-electron chi connectivity index (χ2n) is 3.93. The summed E-state index contributed by atoms with van der Waals surface area (Å²) in [5.74, 6) is 0. The molecule has 3 aromatic rings. The van der Waals surface area contributed by atoms with Gasteiger partial charge in [-0.25, -0.2) is 0 Å². The Hall–Kier alpha value is -1.97. The third kappa shape index (κ3) is 1.56. The zero-order chi connectivity index (χ0) is 12.0. The molecule has 0 saturated heterocycles. The quantitative estimate of drug-likeness (QED) is 0.596. The number of benzene rings is 2. The van der Waals surface area contributed by atoms with Gasteiger partial charge in [0.1, 0.15) is 0 Å². The average molecular weight is 235 g/mol. The molecule has 0 unspecified atom stereocenters. The zero-order valence-corrected chi connectivity index (χ0v) is 8.68. The number of alkyl halides is 3. The normalized spacial score (nSPS) is 12.4. The maximum atomic E-state index is 12.6. The van der Waals surface area contributed by atoms with Gasteiger partial charge in [0.15, 0.2) is 0 Å². The summed E-state index contributed by atoms with van der Waals surface area (Å²) in [7, 11) is 0. The van der Waals surface area contributed by atoms with Crippen molar-refractivity contribution in [2.45, 2.75) is 6.18 Å². The average Bonchev–Trinajstić information content (AvgIpc) is 2.65. The van der Waals surface area contributed by atoms with E-state index in [1.54, 1.807) is 0 Å². The molecule has 0 aliphatic rings. The molecule has 0 radical (unpaired) electrons. The molecule has 0 aliphatic heterocycles. The van der Waals surface area contributed by atoms with Crippen LogP contribution in [0.3, 0.4) is 0 Å². The first kappa shape index (κ1) is 10.2. The highest BCUT2D eigenvalue weighted by Crippen LogP contribution is 2.33. The SMILES string of the molecule is FC(F)(F)c1ccc2c(c1)[nH]c1ccccc12. The fraction of sp³-hybridized carbons (Fsp3) is 0.0769. The number of fused-ring (bicyclic) bond motifs is 3. The standard InChI is InChI=1S/C13H8F3N/c14-13(15,16)8-5-6-10-9-3-1-2-4-11(9)17-12(10)7-8/h1-7,17H. The molecule has 3 rings (SSSR count). The van der Waals surface area contributed by atoms with E-state index in [1.807, 2.05) is 24.3 Å². The first-order valence-electron chi connectivity index (χ1n) is 5.13. The van der Waals surface area contributed by atoms with E-state index < -0.39 is 11.7 Å². The molecule has 0 atom stereocenters. The Kier molecular flexibility index (Phi) is 1.96. The molecule has 0 spiro atoms. The number of aromatic amines is 1. The Balaban J connectivity index is 2.34. The topological polar surface area (TPSA) is 15.8 Å². The van der Waals surface area contributed by atoms with Crippen LogP contribution < -0.4 is 0 Å². The van der Waals surface area contributed by atoms with Crippen molar-refractivity contribution in [1.29, 1.82) is 0 Å². The Labute approximate surface area is 94.9 Å². The lowest BCUT2D eigenvalue weighted by atomic mass is 10.1. The predicted molar refractivity (Wildman–Crippen MR) is 60.8 cm³/mol. The van der Waals surface area contributed by atoms with Gasteiger partial charge < -0.3 is 4.98 Å². The number of para-hydroxylation sites is 1. The highest BCUT2D eigenvalue weighted by atomic mass is 19.4. The van der Waals surface area contributed by atoms with Crippen molar-refractivity contribution in [2.75, 3.05) is 0 Å². The Bertz CT molecular complexity index is 695. The minimum Gasteiger partial charge on any atom is -0.354 e. The van der Waals surface area contributed by atoms with E-state index in [1.165, 1.54) is 6.07 Å². The molecule has 1 heterocycles. The van der Waals surface area contributed by atoms with Gasteiger partial charge in [0.2, 0.25) is 0 Å². The van der Waals surface area contributed by atoms with Gasteiger partial charge in [-0.15, -0.1) is 0 Å². The molecule has 0 bridgehead atoms. The van der Waals surface area contributed by atoms with Crippen LogP contribution in [-0.4, -0.2) is 4.98 Å². The lowest BCUT2D eigenvalue weighted by Crippen LogP contribution is -2.03. The van der Waals surface area contributed by atoms with Gasteiger partial charge in [0.05, 0.1) is 5.56 Å². The fourth-order valence-corrected chi connectivity index (χ4v) is 2.03. The second-order valence-corrected chi connectivity index (χ2v) is 3.93. The summed E-state index contributed by atoms with van der Waals surface area (Å²) in [5, 5.41) is 1.75. The third-order valence-electron chi connectivity index (χ3n) is 2.83. The van der Waals surface area contributed by atoms with E-state index in [-0.39, 0.29) is 0 Å². The lowest BCUT2D eigenvalue weighted by Gasteiger charge is -2.05. The van der Waals surface area contributed by atoms with E-state index >= 15 is 0 Å². The van der Waals surface area contributed by atoms with E-state index in [0.717, 1.165) is 28.4 Å². The molecular formula is C13H8F3N. The van der Waals surface area contributed by atoms with Crippen molar-refractivity contribution >= 4 is 21.8 Å². The van der Waals surface area contributed by atoms with Crippen molar-refractivity contribution in [1.82, 2.24) is 4.98 Å². The molecule has 0 fully saturated rings. The third-order valence-corrected chi connectivity index (χ3v) is 2.83. The highest BCUT2D eigenvalue weighted by molar-refractivity contribution is 6.07. The van der Waals surface area contributed by atoms with Crippen molar-refractivity contribution in [3.63, 3.8) is 0 Å². The van der Waals surface area contributed by atoms with Gasteiger partial charge in [-0.1, -0.05) is 24.3 Å². The minimum absolute atomic E-state index is 0.515. The van der Waals surface area contributed by atoms with Crippen LogP contribution in [0.4, 0.5) is 13.2 Å². The molecule has 1 nitrogen and oxygen atoms in total. The van der Waals surface area contributed by atoms with Crippen LogP contribution in [0, 0.1) is 0 Å². The minimum atomic E-state index is -4.30. The van der Waals surface area contributed by atoms with Crippen LogP contribution in [0.5, 0.6) is 0 Å². The molecule has 4 heteroatoms. The summed E-state index contributed by atoms with van der Waals surface area (Å²) in [6, 6.07) is 11.2. The van der Waals surface area contributed by atoms with Crippen molar-refractivity contribution in [3.8, 4) is 0 Å². The van der Waals surface area contributed by atoms with Gasteiger partial charge in [-0.2, -0.15) is 13.2 Å². The largest absolute Gasteiger partial charge is 0.416 e. The maximum Gasteiger partial charge on any atom is 0.416 e. The van der Waals surface area contributed by atoms with Crippen LogP contribution in [-0.2, 0) is 6.18 Å². The molecule has 0 saturated carbocycles. The van der Waals surface area contributed by atoms with E-state index in [4.69, 9.17) is 0 Å². The first-order chi connectivity index (χ1) is 8.05. The fourth-order valence-electron chi connectivity index (χ4n) is 2.03. The molecule has 1 N–H and O–H groups in total. The second kappa shape index (κ2) is 3.26. The zero-order valence-electron chi connectivity index (χ0n) is 8.68. The highest BCUT2D eigenvalue weighted by Gasteiger charge is 2.30. The van der Waals surface area contributed by atoms with Crippen molar-refractivity contribution < 1.29 is 13.2 Å². The molecule has 2 aromatic carbocycles. The summed E-state index contributed by atoms with van der Waals surface area (Å²) in [5.41, 5.74) is 0.736. The van der Waals surface area contributed by atoms with Crippen molar-refractivity contribution in [3.05, 3.63) is 48.0 Å². The van der Waals surface area contributed by atoms with Gasteiger partial charge in [-0.05, 0) is 18.2 Å². The van der Waals surface area contributed by atoms with E-state index in [9.17, 15) is 13.2 Å². The monoisotopic (exact) mass is 235 g/mol. The van der Waals surface area contributed by atoms with Crippen LogP contribution in [0.25, 0.3) is 21.8 Å². The molecular weight excluding hydrogens is 227 g/mol. The molecule has 1 aromatic heterocycles. The van der Waals surface area contributed by atoms with Gasteiger partial charge in [-0.3, -0.25) is 0 Å². The summed E-state index contributed by atoms with van der Waals surface area (Å²) in [6.07, 6.45) is -4.30. The first-order valence-corrected chi connectivity index (χ1v) is 5.13. The summed E-state index contributed by atoms with van der Waals surface area (Å²) in [6.45, 7) is 0. The Morgan fingerprint density at radius 2 is 1.53 bits per heavy atom. The number of rotatable bonds is 0. The molecule has 0 aliphatic carbocycles. The van der Waals surface area contributed by atoms with Crippen molar-refractivity contribution in [2.24, 2.45) is 0 Å². The Morgan fingerprint density at radius 3 is 2.29 bits per heavy atom. The number of hydrogen-bond donors (Lipinski definition) is 1. The number of halogens is 3.